The molecule has 0 aliphatic heterocycles. The van der Waals surface area contributed by atoms with E-state index in [2.05, 4.69) is 5.10 Å². The number of nitrogens with zero attached hydrogens (tertiary/aromatic N) is 2. The van der Waals surface area contributed by atoms with E-state index in [-0.39, 0.29) is 5.56 Å². The highest BCUT2D eigenvalue weighted by Gasteiger charge is 2.42. The molecule has 1 aromatic heterocycles. The fourth-order valence-corrected chi connectivity index (χ4v) is 2.34. The Labute approximate surface area is 121 Å². The van der Waals surface area contributed by atoms with Crippen LogP contribution in [0.2, 0.25) is 0 Å². The van der Waals surface area contributed by atoms with E-state index in [1.165, 1.54) is 13.8 Å². The number of hydrogen-bond donors (Lipinski definition) is 1. The van der Waals surface area contributed by atoms with Gasteiger partial charge in [0.2, 0.25) is 0 Å². The summed E-state index contributed by atoms with van der Waals surface area (Å²) >= 11 is 0. The third-order valence-electron chi connectivity index (χ3n) is 3.15. The van der Waals surface area contributed by atoms with E-state index in [1.807, 2.05) is 19.9 Å². The Kier molecular flexibility index (Phi) is 3.61. The number of aliphatic hydroxyl groups is 1. The Morgan fingerprint density at radius 2 is 1.57 bits per heavy atom. The fourth-order valence-electron chi connectivity index (χ4n) is 2.34. The van der Waals surface area contributed by atoms with Gasteiger partial charge in [0.1, 0.15) is 0 Å². The third kappa shape index (κ3) is 3.10. The molecule has 1 aromatic carbocycles. The van der Waals surface area contributed by atoms with Crippen LogP contribution in [-0.2, 0) is 11.8 Å². The Bertz CT molecular complexity index is 646. The largest absolute Gasteiger partial charge is 0.433 e. The first kappa shape index (κ1) is 15.6. The lowest BCUT2D eigenvalue weighted by Gasteiger charge is -2.20. The van der Waals surface area contributed by atoms with Gasteiger partial charge in [0.05, 0.1) is 17.5 Å². The molecule has 0 saturated carbocycles. The molecule has 1 N–H and O–H groups in total. The highest BCUT2D eigenvalue weighted by Crippen LogP contribution is 2.38. The minimum Gasteiger partial charge on any atom is -0.386 e. The average molecular weight is 298 g/mol. The molecule has 0 fully saturated rings. The maximum Gasteiger partial charge on any atom is 0.433 e. The van der Waals surface area contributed by atoms with Gasteiger partial charge in [-0.25, -0.2) is 4.68 Å². The number of aromatic nitrogens is 2. The van der Waals surface area contributed by atoms with Crippen LogP contribution in [0.3, 0.4) is 0 Å². The van der Waals surface area contributed by atoms with Crippen molar-refractivity contribution in [3.63, 3.8) is 0 Å². The van der Waals surface area contributed by atoms with Crippen molar-refractivity contribution in [3.05, 3.63) is 46.8 Å². The van der Waals surface area contributed by atoms with E-state index in [4.69, 9.17) is 0 Å². The molecule has 2 aromatic rings. The van der Waals surface area contributed by atoms with Crippen LogP contribution in [0.25, 0.3) is 5.69 Å². The minimum atomic E-state index is -4.61. The highest BCUT2D eigenvalue weighted by atomic mass is 19.4. The first-order valence-electron chi connectivity index (χ1n) is 6.47. The van der Waals surface area contributed by atoms with E-state index in [0.29, 0.717) is 5.69 Å². The molecule has 21 heavy (non-hydrogen) atoms. The van der Waals surface area contributed by atoms with Gasteiger partial charge < -0.3 is 5.11 Å². The quantitative estimate of drug-likeness (QED) is 0.917. The van der Waals surface area contributed by atoms with Crippen LogP contribution in [0.4, 0.5) is 13.2 Å². The molecule has 0 aliphatic rings. The molecule has 0 saturated heterocycles. The molecular weight excluding hydrogens is 281 g/mol. The van der Waals surface area contributed by atoms with Crippen molar-refractivity contribution in [1.82, 2.24) is 9.78 Å². The zero-order valence-corrected chi connectivity index (χ0v) is 12.3. The van der Waals surface area contributed by atoms with E-state index in [0.717, 1.165) is 22.0 Å². The predicted octanol–water partition coefficient (Wildman–Crippen LogP) is 3.74. The van der Waals surface area contributed by atoms with Gasteiger partial charge in [0.25, 0.3) is 0 Å². The molecule has 0 atom stereocenters. The van der Waals surface area contributed by atoms with Crippen LogP contribution in [0.5, 0.6) is 0 Å². The van der Waals surface area contributed by atoms with Crippen LogP contribution < -0.4 is 0 Å². The van der Waals surface area contributed by atoms with Crippen LogP contribution in [0.1, 0.15) is 36.2 Å². The summed E-state index contributed by atoms with van der Waals surface area (Å²) in [5, 5.41) is 13.8. The van der Waals surface area contributed by atoms with Crippen molar-refractivity contribution in [2.75, 3.05) is 0 Å². The van der Waals surface area contributed by atoms with Gasteiger partial charge in [-0.2, -0.15) is 18.3 Å². The molecule has 0 bridgehead atoms. The molecule has 0 radical (unpaired) electrons. The zero-order chi connectivity index (χ0) is 16.0. The second-order valence-electron chi connectivity index (χ2n) is 5.72. The number of benzene rings is 1. The lowest BCUT2D eigenvalue weighted by molar-refractivity contribution is -0.145. The van der Waals surface area contributed by atoms with Crippen molar-refractivity contribution in [3.8, 4) is 5.69 Å². The number of hydrogen-bond acceptors (Lipinski definition) is 2. The Morgan fingerprint density at radius 1 is 1.05 bits per heavy atom. The predicted molar refractivity (Wildman–Crippen MR) is 73.3 cm³/mol. The maximum atomic E-state index is 13.4. The summed E-state index contributed by atoms with van der Waals surface area (Å²) in [5.41, 5.74) is -0.788. The molecule has 0 aliphatic carbocycles. The van der Waals surface area contributed by atoms with E-state index in [9.17, 15) is 18.3 Å². The van der Waals surface area contributed by atoms with Gasteiger partial charge >= 0.3 is 6.18 Å². The summed E-state index contributed by atoms with van der Waals surface area (Å²) in [6, 6.07) is 5.13. The Balaban J connectivity index is 2.73. The standard InChI is InChI=1S/C15H17F3N2O/c1-9-5-10(2)7-11(6-9)20-13(15(16,17)18)12(8-19-20)14(3,4)21/h5-8,21H,1-4H3. The van der Waals surface area contributed by atoms with E-state index in [1.54, 1.807) is 12.1 Å². The molecule has 0 spiro atoms. The molecule has 6 heteroatoms. The van der Waals surface area contributed by atoms with Crippen molar-refractivity contribution >= 4 is 0 Å². The number of rotatable bonds is 2. The maximum absolute atomic E-state index is 13.4. The SMILES string of the molecule is Cc1cc(C)cc(-n2ncc(C(C)(C)O)c2C(F)(F)F)c1. The molecule has 0 amide bonds. The van der Waals surface area contributed by atoms with Gasteiger partial charge in [-0.3, -0.25) is 0 Å². The Hall–Kier alpha value is -1.82. The van der Waals surface area contributed by atoms with Crippen LogP contribution >= 0.6 is 0 Å². The van der Waals surface area contributed by atoms with E-state index >= 15 is 0 Å². The summed E-state index contributed by atoms with van der Waals surface area (Å²) in [5.74, 6) is 0. The van der Waals surface area contributed by atoms with Crippen LogP contribution in [-0.4, -0.2) is 14.9 Å². The molecule has 1 heterocycles. The van der Waals surface area contributed by atoms with Crippen molar-refractivity contribution in [2.45, 2.75) is 39.5 Å². The normalized spacial score (nSPS) is 12.8. The van der Waals surface area contributed by atoms with Gasteiger partial charge in [-0.05, 0) is 51.0 Å². The van der Waals surface area contributed by atoms with Crippen molar-refractivity contribution < 1.29 is 18.3 Å². The van der Waals surface area contributed by atoms with Gasteiger partial charge in [-0.1, -0.05) is 6.07 Å². The zero-order valence-electron chi connectivity index (χ0n) is 12.3. The highest BCUT2D eigenvalue weighted by molar-refractivity contribution is 5.42. The number of halogens is 3. The average Bonchev–Trinajstić information content (AvgIpc) is 2.70. The molecule has 2 rings (SSSR count). The van der Waals surface area contributed by atoms with Crippen LogP contribution in [0, 0.1) is 13.8 Å². The number of aryl methyl sites for hydroxylation is 2. The molecule has 0 unspecified atom stereocenters. The first-order valence-corrected chi connectivity index (χ1v) is 6.47. The molecule has 3 nitrogen and oxygen atoms in total. The third-order valence-corrected chi connectivity index (χ3v) is 3.15. The van der Waals surface area contributed by atoms with Gasteiger partial charge in [0, 0.05) is 5.56 Å². The second-order valence-corrected chi connectivity index (χ2v) is 5.72. The lowest BCUT2D eigenvalue weighted by Crippen LogP contribution is -2.23. The molecular formula is C15H17F3N2O. The van der Waals surface area contributed by atoms with E-state index < -0.39 is 17.5 Å². The fraction of sp³-hybridized carbons (Fsp3) is 0.400. The summed E-state index contributed by atoms with van der Waals surface area (Å²) in [6.07, 6.45) is -3.54. The number of alkyl halides is 3. The first-order chi connectivity index (χ1) is 9.50. The second kappa shape index (κ2) is 4.87. The van der Waals surface area contributed by atoms with Crippen molar-refractivity contribution in [2.24, 2.45) is 0 Å². The minimum absolute atomic E-state index is 0.242. The summed E-state index contributed by atoms with van der Waals surface area (Å²) in [6.45, 7) is 6.24. The van der Waals surface area contributed by atoms with Crippen molar-refractivity contribution in [1.29, 1.82) is 0 Å². The topological polar surface area (TPSA) is 38.0 Å². The van der Waals surface area contributed by atoms with Gasteiger partial charge in [0.15, 0.2) is 5.69 Å². The summed E-state index contributed by atoms with van der Waals surface area (Å²) < 4.78 is 41.0. The summed E-state index contributed by atoms with van der Waals surface area (Å²) in [7, 11) is 0. The summed E-state index contributed by atoms with van der Waals surface area (Å²) in [4.78, 5) is 0. The monoisotopic (exact) mass is 298 g/mol. The Morgan fingerprint density at radius 3 is 2.00 bits per heavy atom. The smallest absolute Gasteiger partial charge is 0.386 e. The lowest BCUT2D eigenvalue weighted by atomic mass is 9.98. The van der Waals surface area contributed by atoms with Gasteiger partial charge in [-0.15, -0.1) is 0 Å². The van der Waals surface area contributed by atoms with Crippen LogP contribution in [0.15, 0.2) is 24.4 Å². The molecule has 114 valence electrons.